The van der Waals surface area contributed by atoms with Crippen molar-refractivity contribution in [1.29, 1.82) is 0 Å². The number of ether oxygens (including phenoxy) is 1. The van der Waals surface area contributed by atoms with Crippen LogP contribution in [0.2, 0.25) is 15.1 Å². The number of nitrogens with zero attached hydrogens (tertiary/aromatic N) is 2. The summed E-state index contributed by atoms with van der Waals surface area (Å²) in [6, 6.07) is 17.9. The maximum absolute atomic E-state index is 12.7. The molecule has 3 aromatic carbocycles. The minimum absolute atomic E-state index is 0.0108. The van der Waals surface area contributed by atoms with Gasteiger partial charge in [-0.25, -0.2) is 0 Å². The standard InChI is InChI=1S/C26H24Cl3N3O3/c1-17-14-20(28)15-23(29)25(17)35-16-24(33)30-21-6-8-22(9-7-21)31-10-12-32(13-11-31)26(34)18-2-4-19(27)5-3-18/h2-9,14-15H,10-13,16H2,1H3,(H,30,33). The zero-order valence-corrected chi connectivity index (χ0v) is 21.3. The highest BCUT2D eigenvalue weighted by Gasteiger charge is 2.22. The molecule has 1 heterocycles. The fourth-order valence-corrected chi connectivity index (χ4v) is 4.68. The van der Waals surface area contributed by atoms with Crippen molar-refractivity contribution in [2.75, 3.05) is 43.0 Å². The highest BCUT2D eigenvalue weighted by molar-refractivity contribution is 6.35. The van der Waals surface area contributed by atoms with Crippen LogP contribution in [0.1, 0.15) is 15.9 Å². The summed E-state index contributed by atoms with van der Waals surface area (Å²) in [4.78, 5) is 29.1. The predicted molar refractivity (Wildman–Crippen MR) is 141 cm³/mol. The normalized spacial score (nSPS) is 13.5. The molecule has 0 aromatic heterocycles. The van der Waals surface area contributed by atoms with E-state index in [0.29, 0.717) is 45.2 Å². The molecule has 35 heavy (non-hydrogen) atoms. The quantitative estimate of drug-likeness (QED) is 0.427. The van der Waals surface area contributed by atoms with E-state index in [-0.39, 0.29) is 18.4 Å². The Balaban J connectivity index is 1.27. The summed E-state index contributed by atoms with van der Waals surface area (Å²) in [6.07, 6.45) is 0. The molecule has 0 atom stereocenters. The van der Waals surface area contributed by atoms with E-state index < -0.39 is 0 Å². The van der Waals surface area contributed by atoms with E-state index >= 15 is 0 Å². The summed E-state index contributed by atoms with van der Waals surface area (Å²) in [5, 5.41) is 4.31. The molecule has 0 spiro atoms. The number of hydrogen-bond acceptors (Lipinski definition) is 4. The van der Waals surface area contributed by atoms with Gasteiger partial charge in [0.2, 0.25) is 0 Å². The van der Waals surface area contributed by atoms with Crippen LogP contribution in [0.15, 0.2) is 60.7 Å². The molecule has 1 fully saturated rings. The first-order valence-electron chi connectivity index (χ1n) is 11.1. The number of piperazine rings is 1. The molecule has 6 nitrogen and oxygen atoms in total. The van der Waals surface area contributed by atoms with Crippen molar-refractivity contribution in [2.24, 2.45) is 0 Å². The molecule has 3 aromatic rings. The van der Waals surface area contributed by atoms with Gasteiger partial charge in [0.25, 0.3) is 11.8 Å². The molecular weight excluding hydrogens is 509 g/mol. The monoisotopic (exact) mass is 531 g/mol. The molecule has 0 unspecified atom stereocenters. The van der Waals surface area contributed by atoms with Crippen molar-refractivity contribution < 1.29 is 14.3 Å². The van der Waals surface area contributed by atoms with E-state index in [0.717, 1.165) is 24.3 Å². The Kier molecular flexibility index (Phi) is 8.06. The molecule has 0 radical (unpaired) electrons. The number of anilines is 2. The predicted octanol–water partition coefficient (Wildman–Crippen LogP) is 5.94. The Bertz CT molecular complexity index is 1190. The Morgan fingerprint density at radius 2 is 1.54 bits per heavy atom. The van der Waals surface area contributed by atoms with Gasteiger partial charge >= 0.3 is 0 Å². The second-order valence-corrected chi connectivity index (χ2v) is 9.48. The van der Waals surface area contributed by atoms with E-state index in [1.54, 1.807) is 36.4 Å². The largest absolute Gasteiger partial charge is 0.482 e. The molecular formula is C26H24Cl3N3O3. The van der Waals surface area contributed by atoms with Gasteiger partial charge in [0.15, 0.2) is 6.61 Å². The Morgan fingerprint density at radius 3 is 2.17 bits per heavy atom. The molecule has 1 aliphatic heterocycles. The van der Waals surface area contributed by atoms with E-state index in [9.17, 15) is 9.59 Å². The summed E-state index contributed by atoms with van der Waals surface area (Å²) < 4.78 is 5.59. The Labute approximate surface area is 219 Å². The van der Waals surface area contributed by atoms with E-state index in [4.69, 9.17) is 39.5 Å². The van der Waals surface area contributed by atoms with Gasteiger partial charge in [0.05, 0.1) is 5.02 Å². The number of aryl methyl sites for hydroxylation is 1. The summed E-state index contributed by atoms with van der Waals surface area (Å²) in [6.45, 7) is 4.35. The molecule has 1 aliphatic rings. The van der Waals surface area contributed by atoms with Gasteiger partial charge in [-0.15, -0.1) is 0 Å². The lowest BCUT2D eigenvalue weighted by Gasteiger charge is -2.36. The smallest absolute Gasteiger partial charge is 0.262 e. The van der Waals surface area contributed by atoms with Crippen LogP contribution in [-0.4, -0.2) is 49.5 Å². The van der Waals surface area contributed by atoms with Crippen LogP contribution in [-0.2, 0) is 4.79 Å². The third-order valence-corrected chi connectivity index (χ3v) is 6.47. The number of amides is 2. The zero-order valence-electron chi connectivity index (χ0n) is 19.1. The summed E-state index contributed by atoms with van der Waals surface area (Å²) in [5.41, 5.74) is 3.09. The topological polar surface area (TPSA) is 61.9 Å². The van der Waals surface area contributed by atoms with Crippen LogP contribution in [0.4, 0.5) is 11.4 Å². The number of hydrogen-bond donors (Lipinski definition) is 1. The first-order chi connectivity index (χ1) is 16.8. The van der Waals surface area contributed by atoms with Gasteiger partial charge in [-0.05, 0) is 73.2 Å². The first-order valence-corrected chi connectivity index (χ1v) is 12.2. The molecule has 2 amide bonds. The fourth-order valence-electron chi connectivity index (χ4n) is 3.90. The van der Waals surface area contributed by atoms with Crippen molar-refractivity contribution >= 4 is 58.0 Å². The highest BCUT2D eigenvalue weighted by atomic mass is 35.5. The lowest BCUT2D eigenvalue weighted by molar-refractivity contribution is -0.118. The summed E-state index contributed by atoms with van der Waals surface area (Å²) >= 11 is 18.0. The van der Waals surface area contributed by atoms with Gasteiger partial charge in [-0.1, -0.05) is 34.8 Å². The van der Waals surface area contributed by atoms with E-state index in [1.165, 1.54) is 0 Å². The fraction of sp³-hybridized carbons (Fsp3) is 0.231. The average molecular weight is 533 g/mol. The van der Waals surface area contributed by atoms with E-state index in [1.807, 2.05) is 36.1 Å². The van der Waals surface area contributed by atoms with Crippen LogP contribution in [0.3, 0.4) is 0 Å². The molecule has 9 heteroatoms. The SMILES string of the molecule is Cc1cc(Cl)cc(Cl)c1OCC(=O)Nc1ccc(N2CCN(C(=O)c3ccc(Cl)cc3)CC2)cc1. The number of benzene rings is 3. The van der Waals surface area contributed by atoms with Crippen molar-refractivity contribution in [3.63, 3.8) is 0 Å². The van der Waals surface area contributed by atoms with Gasteiger partial charge in [-0.2, -0.15) is 0 Å². The maximum Gasteiger partial charge on any atom is 0.262 e. The minimum Gasteiger partial charge on any atom is -0.482 e. The van der Waals surface area contributed by atoms with E-state index in [2.05, 4.69) is 10.2 Å². The zero-order chi connectivity index (χ0) is 24.9. The number of carbonyl (C=O) groups excluding carboxylic acids is 2. The van der Waals surface area contributed by atoms with Crippen molar-refractivity contribution in [1.82, 2.24) is 4.90 Å². The average Bonchev–Trinajstić information content (AvgIpc) is 2.84. The molecule has 0 aliphatic carbocycles. The Hall–Kier alpha value is -2.93. The third-order valence-electron chi connectivity index (χ3n) is 5.72. The molecule has 1 saturated heterocycles. The number of carbonyl (C=O) groups is 2. The molecule has 4 rings (SSSR count). The number of nitrogens with one attached hydrogen (secondary N) is 1. The third kappa shape index (κ3) is 6.40. The molecule has 182 valence electrons. The van der Waals surface area contributed by atoms with Gasteiger partial charge in [0.1, 0.15) is 5.75 Å². The lowest BCUT2D eigenvalue weighted by atomic mass is 10.1. The molecule has 0 saturated carbocycles. The lowest BCUT2D eigenvalue weighted by Crippen LogP contribution is -2.48. The van der Waals surface area contributed by atoms with Gasteiger partial charge < -0.3 is 19.9 Å². The van der Waals surface area contributed by atoms with Gasteiger partial charge in [0, 0.05) is 53.2 Å². The van der Waals surface area contributed by atoms with Crippen molar-refractivity contribution in [3.05, 3.63) is 86.9 Å². The van der Waals surface area contributed by atoms with Crippen molar-refractivity contribution in [2.45, 2.75) is 6.92 Å². The summed E-state index contributed by atoms with van der Waals surface area (Å²) in [5.74, 6) is 0.157. The number of halogens is 3. The number of rotatable bonds is 6. The van der Waals surface area contributed by atoms with Crippen LogP contribution in [0.25, 0.3) is 0 Å². The van der Waals surface area contributed by atoms with Crippen LogP contribution in [0, 0.1) is 6.92 Å². The molecule has 1 N–H and O–H groups in total. The Morgan fingerprint density at radius 1 is 0.886 bits per heavy atom. The van der Waals surface area contributed by atoms with Crippen LogP contribution in [0.5, 0.6) is 5.75 Å². The minimum atomic E-state index is -0.294. The second kappa shape index (κ2) is 11.2. The van der Waals surface area contributed by atoms with Crippen LogP contribution < -0.4 is 15.0 Å². The van der Waals surface area contributed by atoms with Crippen molar-refractivity contribution in [3.8, 4) is 5.75 Å². The molecule has 0 bridgehead atoms. The second-order valence-electron chi connectivity index (χ2n) is 8.20. The maximum atomic E-state index is 12.7. The highest BCUT2D eigenvalue weighted by Crippen LogP contribution is 2.31. The summed E-state index contributed by atoms with van der Waals surface area (Å²) in [7, 11) is 0. The first kappa shape index (κ1) is 25.2. The van der Waals surface area contributed by atoms with Crippen LogP contribution >= 0.6 is 34.8 Å². The van der Waals surface area contributed by atoms with Gasteiger partial charge in [-0.3, -0.25) is 9.59 Å².